The topological polar surface area (TPSA) is 75.4 Å². The van der Waals surface area contributed by atoms with Crippen molar-refractivity contribution < 1.29 is 18.7 Å². The number of unbranched alkanes of at least 4 members (excludes halogenated alkanes) is 1. The van der Waals surface area contributed by atoms with Gasteiger partial charge in [-0.25, -0.2) is 8.78 Å². The van der Waals surface area contributed by atoms with Crippen molar-refractivity contribution in [1.29, 1.82) is 0 Å². The van der Waals surface area contributed by atoms with Crippen LogP contribution in [0.3, 0.4) is 0 Å². The number of carbonyl (C=O) groups is 1. The van der Waals surface area contributed by atoms with Gasteiger partial charge in [0.1, 0.15) is 6.61 Å². The highest BCUT2D eigenvalue weighted by molar-refractivity contribution is 5.81. The third-order valence-corrected chi connectivity index (χ3v) is 1.96. The first-order valence-electron chi connectivity index (χ1n) is 4.95. The number of aliphatic hydroxyl groups is 1. The van der Waals surface area contributed by atoms with Gasteiger partial charge in [0, 0.05) is 0 Å². The molecule has 0 radical (unpaired) electrons. The summed E-state index contributed by atoms with van der Waals surface area (Å²) in [4.78, 5) is 11.2. The molecular formula is C9H18F2N2O2. The molecule has 6 heteroatoms. The number of carbonyl (C=O) groups excluding carboxylic acids is 1. The van der Waals surface area contributed by atoms with Crippen molar-refractivity contribution in [2.45, 2.75) is 38.2 Å². The summed E-state index contributed by atoms with van der Waals surface area (Å²) in [6, 6.07) is -0.751. The molecule has 90 valence electrons. The predicted molar refractivity (Wildman–Crippen MR) is 52.5 cm³/mol. The second kappa shape index (κ2) is 6.68. The molecule has 4 N–H and O–H groups in total. The van der Waals surface area contributed by atoms with E-state index in [1.807, 2.05) is 12.2 Å². The van der Waals surface area contributed by atoms with E-state index in [1.165, 1.54) is 0 Å². The summed E-state index contributed by atoms with van der Waals surface area (Å²) in [5.74, 6) is -3.88. The summed E-state index contributed by atoms with van der Waals surface area (Å²) in [6.07, 6.45) is 2.16. The maximum Gasteiger partial charge on any atom is 0.287 e. The summed E-state index contributed by atoms with van der Waals surface area (Å²) in [6.45, 7) is -0.204. The fourth-order valence-corrected chi connectivity index (χ4v) is 0.959. The molecule has 0 aliphatic carbocycles. The van der Waals surface area contributed by atoms with E-state index in [0.717, 1.165) is 12.8 Å². The van der Waals surface area contributed by atoms with Crippen LogP contribution in [-0.4, -0.2) is 36.1 Å². The van der Waals surface area contributed by atoms with Gasteiger partial charge in [-0.15, -0.1) is 0 Å². The Bertz CT molecular complexity index is 201. The minimum Gasteiger partial charge on any atom is -0.390 e. The van der Waals surface area contributed by atoms with Crippen LogP contribution in [-0.2, 0) is 4.79 Å². The Balaban J connectivity index is 3.82. The van der Waals surface area contributed by atoms with Gasteiger partial charge in [0.15, 0.2) is 0 Å². The first-order chi connectivity index (χ1) is 6.93. The van der Waals surface area contributed by atoms with Gasteiger partial charge < -0.3 is 16.2 Å². The first-order valence-corrected chi connectivity index (χ1v) is 4.95. The Morgan fingerprint density at radius 1 is 1.60 bits per heavy atom. The van der Waals surface area contributed by atoms with Crippen LogP contribution in [0, 0.1) is 0 Å². The number of alkyl halides is 2. The van der Waals surface area contributed by atoms with E-state index in [-0.39, 0.29) is 0 Å². The lowest BCUT2D eigenvalue weighted by molar-refractivity contribution is -0.125. The number of rotatable bonds is 7. The normalized spacial score (nSPS) is 13.7. The molecule has 1 amide bonds. The van der Waals surface area contributed by atoms with Crippen LogP contribution < -0.4 is 11.1 Å². The van der Waals surface area contributed by atoms with Crippen LogP contribution in [0.2, 0.25) is 0 Å². The zero-order valence-corrected chi connectivity index (χ0v) is 8.80. The summed E-state index contributed by atoms with van der Waals surface area (Å²) in [5, 5.41) is 10.3. The zero-order chi connectivity index (χ0) is 11.9. The SMILES string of the molecule is CCCCC(N)C(=O)NCC(F)(F)CO. The van der Waals surface area contributed by atoms with Crippen LogP contribution in [0.4, 0.5) is 8.78 Å². The molecule has 0 aromatic rings. The van der Waals surface area contributed by atoms with E-state index in [2.05, 4.69) is 0 Å². The highest BCUT2D eigenvalue weighted by Gasteiger charge is 2.28. The smallest absolute Gasteiger partial charge is 0.287 e. The van der Waals surface area contributed by atoms with Gasteiger partial charge in [0.05, 0.1) is 12.6 Å². The second-order valence-corrected chi connectivity index (χ2v) is 3.48. The average molecular weight is 224 g/mol. The fourth-order valence-electron chi connectivity index (χ4n) is 0.959. The molecule has 0 bridgehead atoms. The third-order valence-electron chi connectivity index (χ3n) is 1.96. The summed E-state index contributed by atoms with van der Waals surface area (Å²) in [5.41, 5.74) is 5.45. The first kappa shape index (κ1) is 14.2. The quantitative estimate of drug-likeness (QED) is 0.580. The molecule has 1 atom stereocenters. The van der Waals surface area contributed by atoms with E-state index < -0.39 is 31.0 Å². The molecule has 4 nitrogen and oxygen atoms in total. The Labute approximate surface area is 87.8 Å². The van der Waals surface area contributed by atoms with Crippen molar-refractivity contribution in [1.82, 2.24) is 5.32 Å². The van der Waals surface area contributed by atoms with Gasteiger partial charge >= 0.3 is 0 Å². The summed E-state index contributed by atoms with van der Waals surface area (Å²) >= 11 is 0. The predicted octanol–water partition coefficient (Wildman–Crippen LogP) is 0.248. The molecule has 1 unspecified atom stereocenters. The number of hydrogen-bond acceptors (Lipinski definition) is 3. The van der Waals surface area contributed by atoms with Crippen molar-refractivity contribution >= 4 is 5.91 Å². The minimum absolute atomic E-state index is 0.479. The molecule has 0 saturated heterocycles. The van der Waals surface area contributed by atoms with Gasteiger partial charge in [0.25, 0.3) is 5.92 Å². The molecule has 15 heavy (non-hydrogen) atoms. The summed E-state index contributed by atoms with van der Waals surface area (Å²) < 4.78 is 25.0. The van der Waals surface area contributed by atoms with Gasteiger partial charge in [-0.1, -0.05) is 19.8 Å². The number of hydrogen-bond donors (Lipinski definition) is 3. The molecule has 0 aromatic carbocycles. The Morgan fingerprint density at radius 2 is 2.20 bits per heavy atom. The molecule has 0 aliphatic rings. The Kier molecular flexibility index (Phi) is 6.35. The monoisotopic (exact) mass is 224 g/mol. The summed E-state index contributed by atoms with van der Waals surface area (Å²) in [7, 11) is 0. The molecule has 0 heterocycles. The van der Waals surface area contributed by atoms with Crippen molar-refractivity contribution in [3.05, 3.63) is 0 Å². The zero-order valence-electron chi connectivity index (χ0n) is 8.80. The van der Waals surface area contributed by atoms with E-state index >= 15 is 0 Å². The highest BCUT2D eigenvalue weighted by Crippen LogP contribution is 2.09. The van der Waals surface area contributed by atoms with Crippen LogP contribution in [0.15, 0.2) is 0 Å². The lowest BCUT2D eigenvalue weighted by Gasteiger charge is -2.16. The maximum atomic E-state index is 12.5. The van der Waals surface area contributed by atoms with E-state index in [9.17, 15) is 13.6 Å². The number of amides is 1. The number of nitrogens with two attached hydrogens (primary N) is 1. The number of nitrogens with one attached hydrogen (secondary N) is 1. The fraction of sp³-hybridized carbons (Fsp3) is 0.889. The lowest BCUT2D eigenvalue weighted by atomic mass is 10.1. The van der Waals surface area contributed by atoms with Crippen LogP contribution in [0.5, 0.6) is 0 Å². The van der Waals surface area contributed by atoms with Gasteiger partial charge in [0.2, 0.25) is 5.91 Å². The third kappa shape index (κ3) is 6.35. The van der Waals surface area contributed by atoms with E-state index in [4.69, 9.17) is 10.8 Å². The van der Waals surface area contributed by atoms with Crippen molar-refractivity contribution in [3.63, 3.8) is 0 Å². The molecule has 0 aliphatic heterocycles. The molecule has 0 fully saturated rings. The minimum atomic E-state index is -3.28. The van der Waals surface area contributed by atoms with Gasteiger partial charge in [-0.05, 0) is 6.42 Å². The molecular weight excluding hydrogens is 206 g/mol. The van der Waals surface area contributed by atoms with Crippen LogP contribution >= 0.6 is 0 Å². The number of aliphatic hydroxyl groups excluding tert-OH is 1. The second-order valence-electron chi connectivity index (χ2n) is 3.48. The van der Waals surface area contributed by atoms with Crippen molar-refractivity contribution in [2.75, 3.05) is 13.2 Å². The standard InChI is InChI=1S/C9H18F2N2O2/c1-2-3-4-7(12)8(15)13-5-9(10,11)6-14/h7,14H,2-6,12H2,1H3,(H,13,15). The van der Waals surface area contributed by atoms with E-state index in [0.29, 0.717) is 6.42 Å². The van der Waals surface area contributed by atoms with Crippen molar-refractivity contribution in [3.8, 4) is 0 Å². The highest BCUT2D eigenvalue weighted by atomic mass is 19.3. The van der Waals surface area contributed by atoms with Gasteiger partial charge in [-0.3, -0.25) is 4.79 Å². The molecule has 0 saturated carbocycles. The van der Waals surface area contributed by atoms with Gasteiger partial charge in [-0.2, -0.15) is 0 Å². The van der Waals surface area contributed by atoms with Crippen molar-refractivity contribution in [2.24, 2.45) is 5.73 Å². The largest absolute Gasteiger partial charge is 0.390 e. The number of halogens is 2. The average Bonchev–Trinajstić information content (AvgIpc) is 2.22. The van der Waals surface area contributed by atoms with Crippen LogP contribution in [0.25, 0.3) is 0 Å². The molecule has 0 rings (SSSR count). The lowest BCUT2D eigenvalue weighted by Crippen LogP contribution is -2.46. The molecule has 0 spiro atoms. The maximum absolute atomic E-state index is 12.5. The van der Waals surface area contributed by atoms with Crippen LogP contribution in [0.1, 0.15) is 26.2 Å². The van der Waals surface area contributed by atoms with E-state index in [1.54, 1.807) is 0 Å². The molecule has 0 aromatic heterocycles. The Hall–Kier alpha value is -0.750. The Morgan fingerprint density at radius 3 is 2.67 bits per heavy atom.